The Kier molecular flexibility index (Phi) is 8.28. The Morgan fingerprint density at radius 2 is 0.737 bits per heavy atom. The molecule has 8 bridgehead atoms. The first-order valence-corrected chi connectivity index (χ1v) is 16.2. The van der Waals surface area contributed by atoms with E-state index in [-0.39, 0.29) is 24.9 Å². The van der Waals surface area contributed by atoms with Crippen molar-refractivity contribution in [3.63, 3.8) is 0 Å². The molecule has 57 heavy (non-hydrogen) atoms. The van der Waals surface area contributed by atoms with Crippen LogP contribution in [-0.2, 0) is 29.6 Å². The first-order valence-electron chi connectivity index (χ1n) is 14.8. The smallest absolute Gasteiger partial charge is 0.357 e. The van der Waals surface area contributed by atoms with E-state index in [1.807, 2.05) is 0 Å². The zero-order chi connectivity index (χ0) is 40.0. The third-order valence-corrected chi connectivity index (χ3v) is 9.46. The van der Waals surface area contributed by atoms with E-state index in [0.717, 1.165) is 12.1 Å². The quantitative estimate of drug-likeness (QED) is 0.0593. The molecular weight excluding hydrogens is 870 g/mol. The minimum Gasteiger partial charge on any atom is -0.357 e. The Bertz CT molecular complexity index is 3350. The molecule has 25 heteroatoms. The SMILES string of the molecule is O=S(=O)(O)c1ccc2c3nc4nc(nc5[n-]c(nc6nc(nc([n-]3)c2c1)-c1c(F)c(F)c(F)c(F)c1-6)c1c(F)c(F)c(F)c(F)c51)-c1c(F)c(F)c(F)c(F)c1-4.[Zn+2]. The van der Waals surface area contributed by atoms with Gasteiger partial charge >= 0.3 is 19.5 Å². The van der Waals surface area contributed by atoms with Crippen LogP contribution in [0.2, 0.25) is 0 Å². The summed E-state index contributed by atoms with van der Waals surface area (Å²) in [5, 5.41) is -3.63. The third kappa shape index (κ3) is 5.17. The second-order valence-electron chi connectivity index (χ2n) is 11.7. The van der Waals surface area contributed by atoms with Crippen LogP contribution in [-0.4, -0.2) is 42.9 Å². The first-order chi connectivity index (χ1) is 26.4. The van der Waals surface area contributed by atoms with Gasteiger partial charge < -0.3 is 29.9 Å². The van der Waals surface area contributed by atoms with E-state index in [0.29, 0.717) is 6.07 Å². The van der Waals surface area contributed by atoms with Crippen molar-refractivity contribution in [3.8, 4) is 45.6 Å². The average Bonchev–Trinajstić information content (AvgIpc) is 3.90. The van der Waals surface area contributed by atoms with Gasteiger partial charge in [-0.05, 0) is 22.9 Å². The molecule has 0 saturated heterocycles. The Morgan fingerprint density at radius 3 is 1.11 bits per heavy atom. The molecule has 0 spiro atoms. The molecule has 3 aromatic heterocycles. The normalized spacial score (nSPS) is 12.3. The van der Waals surface area contributed by atoms with Gasteiger partial charge in [-0.3, -0.25) is 4.55 Å². The van der Waals surface area contributed by atoms with Crippen molar-refractivity contribution < 1.29 is 85.1 Å². The van der Waals surface area contributed by atoms with Crippen LogP contribution < -0.4 is 9.97 Å². The van der Waals surface area contributed by atoms with E-state index in [9.17, 15) is 39.3 Å². The molecule has 0 aliphatic carbocycles. The summed E-state index contributed by atoms with van der Waals surface area (Å²) in [4.78, 5) is 29.4. The molecule has 0 amide bonds. The van der Waals surface area contributed by atoms with Crippen molar-refractivity contribution >= 4 is 54.3 Å². The Morgan fingerprint density at radius 1 is 0.421 bits per heavy atom. The van der Waals surface area contributed by atoms with Gasteiger partial charge in [0, 0.05) is 33.4 Å². The number of hydrogen-bond donors (Lipinski definition) is 1. The van der Waals surface area contributed by atoms with Crippen LogP contribution in [0.1, 0.15) is 0 Å². The minimum absolute atomic E-state index is 0. The molecule has 282 valence electrons. The topological polar surface area (TPSA) is 160 Å². The molecule has 5 heterocycles. The number of fused-ring (bicyclic) bond motifs is 20. The summed E-state index contributed by atoms with van der Waals surface area (Å²) < 4.78 is 214. The largest absolute Gasteiger partial charge is 2.00 e. The molecule has 0 saturated carbocycles. The van der Waals surface area contributed by atoms with Crippen molar-refractivity contribution in [1.82, 2.24) is 39.9 Å². The van der Waals surface area contributed by atoms with Crippen LogP contribution >= 0.6 is 0 Å². The standard InChI is InChI=1S/C32H4F12N8O3S.Zn/c33-13-7-9(15(35)21(41)19(13)39)29-48-27(7)46-25-5-2-1-4(56(53,54)55)3-6(5)26(45-25)47-28-8-10(16(36)22(42)20(40)14(8)34)30(49-28)51-32-12-11(31(50-29)52-32)17(37)23(43)24(44)18(12)38;/h1-3H,(H-2,45,46,47,48,49,50,51,52,53,54,55);/q-2;+2. The summed E-state index contributed by atoms with van der Waals surface area (Å²) in [5.74, 6) is -32.6. The number of aromatic nitrogens is 8. The first kappa shape index (κ1) is 37.8. The van der Waals surface area contributed by atoms with Crippen LogP contribution in [0.25, 0.3) is 89.7 Å². The van der Waals surface area contributed by atoms with Crippen LogP contribution in [0.3, 0.4) is 0 Å². The fourth-order valence-electron chi connectivity index (χ4n) is 6.13. The molecule has 2 aliphatic heterocycles. The van der Waals surface area contributed by atoms with Gasteiger partial charge in [0.2, 0.25) is 0 Å². The molecule has 0 unspecified atom stereocenters. The fraction of sp³-hybridized carbons (Fsp3) is 0. The maximum atomic E-state index is 15.5. The molecule has 0 atom stereocenters. The van der Waals surface area contributed by atoms with Gasteiger partial charge in [0.1, 0.15) is 0 Å². The van der Waals surface area contributed by atoms with Gasteiger partial charge in [-0.1, -0.05) is 6.07 Å². The predicted octanol–water partition coefficient (Wildman–Crippen LogP) is 7.04. The number of nitrogens with zero attached hydrogens (tertiary/aromatic N) is 8. The molecule has 7 aromatic rings. The van der Waals surface area contributed by atoms with E-state index in [2.05, 4.69) is 39.9 Å². The van der Waals surface area contributed by atoms with Crippen molar-refractivity contribution in [1.29, 1.82) is 0 Å². The van der Waals surface area contributed by atoms with Crippen molar-refractivity contribution in [2.45, 2.75) is 4.90 Å². The van der Waals surface area contributed by atoms with Gasteiger partial charge in [0.15, 0.2) is 69.8 Å². The summed E-state index contributed by atoms with van der Waals surface area (Å²) in [6, 6.07) is 2.37. The number of hydrogen-bond acceptors (Lipinski definition) is 8. The van der Waals surface area contributed by atoms with E-state index >= 15 is 26.3 Å². The van der Waals surface area contributed by atoms with Gasteiger partial charge in [-0.25, -0.2) is 62.7 Å². The number of rotatable bonds is 1. The van der Waals surface area contributed by atoms with Crippen molar-refractivity contribution in [2.24, 2.45) is 0 Å². The summed E-state index contributed by atoms with van der Waals surface area (Å²) in [6.07, 6.45) is 0. The molecule has 0 radical (unpaired) electrons. The van der Waals surface area contributed by atoms with Crippen LogP contribution in [0.4, 0.5) is 52.7 Å². The van der Waals surface area contributed by atoms with E-state index < -0.39 is 169 Å². The zero-order valence-corrected chi connectivity index (χ0v) is 30.5. The van der Waals surface area contributed by atoms with Crippen molar-refractivity contribution in [2.75, 3.05) is 0 Å². The van der Waals surface area contributed by atoms with Crippen LogP contribution in [0, 0.1) is 69.8 Å². The third-order valence-electron chi connectivity index (χ3n) is 8.61. The van der Waals surface area contributed by atoms with E-state index in [4.69, 9.17) is 0 Å². The monoisotopic (exact) mass is 872 g/mol. The minimum atomic E-state index is -5.02. The maximum Gasteiger partial charge on any atom is 2.00 e. The molecule has 9 rings (SSSR count). The molecule has 1 N–H and O–H groups in total. The average molecular weight is 874 g/mol. The van der Waals surface area contributed by atoms with Crippen LogP contribution in [0.5, 0.6) is 0 Å². The molecule has 11 nitrogen and oxygen atoms in total. The number of halogens is 12. The molecule has 4 aromatic carbocycles. The van der Waals surface area contributed by atoms with Gasteiger partial charge in [-0.2, -0.15) is 8.42 Å². The summed E-state index contributed by atoms with van der Waals surface area (Å²) in [6.45, 7) is 0. The van der Waals surface area contributed by atoms with Crippen LogP contribution in [0.15, 0.2) is 23.1 Å². The van der Waals surface area contributed by atoms with Gasteiger partial charge in [0.25, 0.3) is 10.1 Å². The molecule has 2 aliphatic rings. The van der Waals surface area contributed by atoms with Gasteiger partial charge in [-0.15, -0.1) is 0 Å². The summed E-state index contributed by atoms with van der Waals surface area (Å²) in [5.41, 5.74) is -9.42. The Balaban J connectivity index is 0.00000455. The second-order valence-corrected chi connectivity index (χ2v) is 13.1. The number of benzene rings is 4. The summed E-state index contributed by atoms with van der Waals surface area (Å²) in [7, 11) is -5.02. The maximum absolute atomic E-state index is 15.5. The Labute approximate surface area is 317 Å². The van der Waals surface area contributed by atoms with E-state index in [1.165, 1.54) is 0 Å². The van der Waals surface area contributed by atoms with E-state index in [1.54, 1.807) is 0 Å². The van der Waals surface area contributed by atoms with Crippen molar-refractivity contribution in [3.05, 3.63) is 88.0 Å². The second kappa shape index (κ2) is 12.5. The Hall–Kier alpha value is -6.07. The molecular formula is C32H4F12N8O3SZn. The van der Waals surface area contributed by atoms with Gasteiger partial charge in [0.05, 0.1) is 50.4 Å². The molecule has 0 fully saturated rings. The predicted molar refractivity (Wildman–Crippen MR) is 163 cm³/mol. The summed E-state index contributed by atoms with van der Waals surface area (Å²) >= 11 is 0. The fourth-order valence-corrected chi connectivity index (χ4v) is 6.64. The zero-order valence-electron chi connectivity index (χ0n) is 26.7.